The lowest BCUT2D eigenvalue weighted by molar-refractivity contribution is 0.100. The van der Waals surface area contributed by atoms with Crippen LogP contribution in [0.3, 0.4) is 0 Å². The van der Waals surface area contributed by atoms with Gasteiger partial charge in [0.1, 0.15) is 10.6 Å². The molecule has 9 heteroatoms. The molecule has 2 rings (SSSR count). The van der Waals surface area contributed by atoms with E-state index in [1.54, 1.807) is 6.07 Å². The van der Waals surface area contributed by atoms with E-state index < -0.39 is 15.9 Å². The number of carbonyl (C=O) groups is 1. The first-order chi connectivity index (χ1) is 10.7. The Labute approximate surface area is 146 Å². The number of carbonyl (C=O) groups excluding carboxylic acids is 1. The number of nitrogens with two attached hydrogens (primary N) is 1. The van der Waals surface area contributed by atoms with E-state index >= 15 is 0 Å². The largest absolute Gasteiger partial charge is 0.495 e. The fourth-order valence-electron chi connectivity index (χ4n) is 1.83. The Morgan fingerprint density at radius 2 is 1.96 bits per heavy atom. The quantitative estimate of drug-likeness (QED) is 0.778. The Bertz CT molecular complexity index is 871. The lowest BCUT2D eigenvalue weighted by atomic mass is 10.2. The maximum Gasteiger partial charge on any atom is 0.263 e. The Hall–Kier alpha value is -1.77. The predicted octanol–water partition coefficient (Wildman–Crippen LogP) is 3.01. The van der Waals surface area contributed by atoms with Gasteiger partial charge in [-0.15, -0.1) is 0 Å². The number of primary amides is 1. The molecule has 0 radical (unpaired) electrons. The molecular formula is C14H12BrClN2O4S. The summed E-state index contributed by atoms with van der Waals surface area (Å²) in [7, 11) is -2.59. The van der Waals surface area contributed by atoms with Crippen molar-refractivity contribution in [3.8, 4) is 5.75 Å². The number of halogens is 2. The van der Waals surface area contributed by atoms with Crippen molar-refractivity contribution in [3.05, 3.63) is 51.5 Å². The van der Waals surface area contributed by atoms with Gasteiger partial charge in [-0.3, -0.25) is 9.52 Å². The number of ether oxygens (including phenoxy) is 1. The summed E-state index contributed by atoms with van der Waals surface area (Å²) in [5.74, 6) is -0.443. The minimum atomic E-state index is -3.97. The summed E-state index contributed by atoms with van der Waals surface area (Å²) in [5, 5.41) is 0.0527. The highest BCUT2D eigenvalue weighted by atomic mass is 79.9. The molecule has 0 unspecified atom stereocenters. The molecule has 23 heavy (non-hydrogen) atoms. The number of anilines is 1. The van der Waals surface area contributed by atoms with Gasteiger partial charge in [-0.1, -0.05) is 27.5 Å². The summed E-state index contributed by atoms with van der Waals surface area (Å²) in [6.45, 7) is 0. The van der Waals surface area contributed by atoms with Gasteiger partial charge < -0.3 is 10.5 Å². The number of nitrogens with one attached hydrogen (secondary N) is 1. The van der Waals surface area contributed by atoms with Crippen molar-refractivity contribution in [2.24, 2.45) is 5.73 Å². The van der Waals surface area contributed by atoms with Crippen molar-refractivity contribution >= 4 is 49.1 Å². The molecule has 0 saturated heterocycles. The second-order valence-electron chi connectivity index (χ2n) is 4.46. The van der Waals surface area contributed by atoms with Crippen molar-refractivity contribution in [2.75, 3.05) is 11.8 Å². The number of benzene rings is 2. The molecule has 0 aliphatic rings. The summed E-state index contributed by atoms with van der Waals surface area (Å²) in [5.41, 5.74) is 5.44. The second-order valence-corrected chi connectivity index (χ2v) is 7.43. The van der Waals surface area contributed by atoms with E-state index in [2.05, 4.69) is 20.7 Å². The molecule has 0 saturated carbocycles. The molecule has 2 aromatic rings. The van der Waals surface area contributed by atoms with E-state index in [0.29, 0.717) is 4.47 Å². The third kappa shape index (κ3) is 3.95. The average molecular weight is 420 g/mol. The van der Waals surface area contributed by atoms with Crippen LogP contribution >= 0.6 is 27.5 Å². The zero-order valence-electron chi connectivity index (χ0n) is 11.8. The molecule has 0 aromatic heterocycles. The summed E-state index contributed by atoms with van der Waals surface area (Å²) in [6.07, 6.45) is 0. The fraction of sp³-hybridized carbons (Fsp3) is 0.0714. The topological polar surface area (TPSA) is 98.5 Å². The molecule has 0 aliphatic carbocycles. The summed E-state index contributed by atoms with van der Waals surface area (Å²) >= 11 is 9.19. The molecule has 0 bridgehead atoms. The third-order valence-electron chi connectivity index (χ3n) is 2.91. The summed E-state index contributed by atoms with van der Waals surface area (Å²) < 4.78 is 33.1. The minimum Gasteiger partial charge on any atom is -0.495 e. The number of hydrogen-bond acceptors (Lipinski definition) is 4. The van der Waals surface area contributed by atoms with Gasteiger partial charge in [0.15, 0.2) is 0 Å². The van der Waals surface area contributed by atoms with Crippen LogP contribution < -0.4 is 15.2 Å². The smallest absolute Gasteiger partial charge is 0.263 e. The number of sulfonamides is 1. The molecule has 122 valence electrons. The third-order valence-corrected chi connectivity index (χ3v) is 5.25. The van der Waals surface area contributed by atoms with Crippen LogP contribution in [0.1, 0.15) is 10.4 Å². The fourth-order valence-corrected chi connectivity index (χ4v) is 3.93. The van der Waals surface area contributed by atoms with E-state index in [-0.39, 0.29) is 26.9 Å². The van der Waals surface area contributed by atoms with Crippen LogP contribution in [0, 0.1) is 0 Å². The normalized spacial score (nSPS) is 11.1. The highest BCUT2D eigenvalue weighted by molar-refractivity contribution is 9.10. The minimum absolute atomic E-state index is 0.0527. The average Bonchev–Trinajstić information content (AvgIpc) is 2.46. The van der Waals surface area contributed by atoms with Crippen LogP contribution in [0.25, 0.3) is 0 Å². The van der Waals surface area contributed by atoms with Crippen LogP contribution in [0.15, 0.2) is 45.8 Å². The van der Waals surface area contributed by atoms with Gasteiger partial charge in [-0.25, -0.2) is 8.42 Å². The second kappa shape index (κ2) is 6.77. The molecule has 6 nitrogen and oxygen atoms in total. The standard InChI is InChI=1S/C14H12BrClN2O4S/c1-22-12-4-2-8(14(17)19)6-11(12)18-23(20,21)13-5-3-9(15)7-10(13)16/h2-7,18H,1H3,(H2,17,19). The molecular weight excluding hydrogens is 408 g/mol. The van der Waals surface area contributed by atoms with Crippen LogP contribution in [0.2, 0.25) is 5.02 Å². The SMILES string of the molecule is COc1ccc(C(N)=O)cc1NS(=O)(=O)c1ccc(Br)cc1Cl. The van der Waals surface area contributed by atoms with Gasteiger partial charge in [-0.05, 0) is 36.4 Å². The van der Waals surface area contributed by atoms with Crippen molar-refractivity contribution in [1.29, 1.82) is 0 Å². The van der Waals surface area contributed by atoms with E-state index in [1.807, 2.05) is 0 Å². The maximum absolute atomic E-state index is 12.5. The highest BCUT2D eigenvalue weighted by Crippen LogP contribution is 2.31. The lowest BCUT2D eigenvalue weighted by Gasteiger charge is -2.13. The number of rotatable bonds is 5. The van der Waals surface area contributed by atoms with Crippen LogP contribution in [0.5, 0.6) is 5.75 Å². The van der Waals surface area contributed by atoms with Gasteiger partial charge in [-0.2, -0.15) is 0 Å². The molecule has 3 N–H and O–H groups in total. The van der Waals surface area contributed by atoms with Gasteiger partial charge in [0.25, 0.3) is 10.0 Å². The van der Waals surface area contributed by atoms with Gasteiger partial charge in [0.2, 0.25) is 5.91 Å². The number of methoxy groups -OCH3 is 1. The molecule has 0 spiro atoms. The van der Waals surface area contributed by atoms with Gasteiger partial charge in [0.05, 0.1) is 17.8 Å². The monoisotopic (exact) mass is 418 g/mol. The molecule has 2 aromatic carbocycles. The van der Waals surface area contributed by atoms with Crippen molar-refractivity contribution in [2.45, 2.75) is 4.90 Å². The first-order valence-electron chi connectivity index (χ1n) is 6.20. The molecule has 0 atom stereocenters. The van der Waals surface area contributed by atoms with Gasteiger partial charge in [0, 0.05) is 10.0 Å². The first-order valence-corrected chi connectivity index (χ1v) is 8.85. The van der Waals surface area contributed by atoms with Crippen molar-refractivity contribution in [3.63, 3.8) is 0 Å². The molecule has 0 fully saturated rings. The number of amides is 1. The van der Waals surface area contributed by atoms with E-state index in [4.69, 9.17) is 22.1 Å². The zero-order valence-corrected chi connectivity index (χ0v) is 15.0. The van der Waals surface area contributed by atoms with Gasteiger partial charge >= 0.3 is 0 Å². The molecule has 1 amide bonds. The lowest BCUT2D eigenvalue weighted by Crippen LogP contribution is -2.16. The number of hydrogen-bond donors (Lipinski definition) is 2. The summed E-state index contributed by atoms with van der Waals surface area (Å²) in [4.78, 5) is 11.2. The Morgan fingerprint density at radius 3 is 2.52 bits per heavy atom. The van der Waals surface area contributed by atoms with Crippen molar-refractivity contribution in [1.82, 2.24) is 0 Å². The van der Waals surface area contributed by atoms with E-state index in [0.717, 1.165) is 0 Å². The Kier molecular flexibility index (Phi) is 5.18. The zero-order chi connectivity index (χ0) is 17.2. The Morgan fingerprint density at radius 1 is 1.26 bits per heavy atom. The van der Waals surface area contributed by atoms with Crippen LogP contribution in [0.4, 0.5) is 5.69 Å². The molecule has 0 aliphatic heterocycles. The summed E-state index contributed by atoms with van der Waals surface area (Å²) in [6, 6.07) is 8.56. The highest BCUT2D eigenvalue weighted by Gasteiger charge is 2.20. The van der Waals surface area contributed by atoms with Crippen LogP contribution in [-0.4, -0.2) is 21.4 Å². The maximum atomic E-state index is 12.5. The molecule has 0 heterocycles. The predicted molar refractivity (Wildman–Crippen MR) is 91.5 cm³/mol. The Balaban J connectivity index is 2.48. The first kappa shape index (κ1) is 17.6. The van der Waals surface area contributed by atoms with E-state index in [9.17, 15) is 13.2 Å². The van der Waals surface area contributed by atoms with Crippen LogP contribution in [-0.2, 0) is 10.0 Å². The van der Waals surface area contributed by atoms with E-state index in [1.165, 1.54) is 37.4 Å². The van der Waals surface area contributed by atoms with Crippen molar-refractivity contribution < 1.29 is 17.9 Å².